The summed E-state index contributed by atoms with van der Waals surface area (Å²) in [5.74, 6) is 0.745. The third kappa shape index (κ3) is 4.77. The van der Waals surface area contributed by atoms with Gasteiger partial charge in [0.05, 0.1) is 0 Å². The van der Waals surface area contributed by atoms with E-state index in [9.17, 15) is 0 Å². The summed E-state index contributed by atoms with van der Waals surface area (Å²) in [5.41, 5.74) is 4.09. The molecule has 1 rings (SSSR count). The molecule has 0 saturated heterocycles. The normalized spacial score (nSPS) is 13.2. The lowest BCUT2D eigenvalue weighted by atomic mass is 9.97. The minimum Gasteiger partial charge on any atom is -0.0808 e. The van der Waals surface area contributed by atoms with Gasteiger partial charge in [0.2, 0.25) is 0 Å². The second-order valence-electron chi connectivity index (χ2n) is 5.03. The van der Waals surface area contributed by atoms with Gasteiger partial charge in [0, 0.05) is 0 Å². The maximum absolute atomic E-state index is 2.40. The molecule has 0 aromatic heterocycles. The number of unbranched alkanes of at least 4 members (excludes halogenated alkanes) is 1. The molecule has 0 aliphatic carbocycles. The summed E-state index contributed by atoms with van der Waals surface area (Å²) >= 11 is 0. The van der Waals surface area contributed by atoms with E-state index < -0.39 is 0 Å². The van der Waals surface area contributed by atoms with Gasteiger partial charge in [0.1, 0.15) is 0 Å². The second-order valence-corrected chi connectivity index (χ2v) is 5.03. The van der Waals surface area contributed by atoms with E-state index in [1.165, 1.54) is 42.4 Å². The molecule has 1 unspecified atom stereocenters. The third-order valence-corrected chi connectivity index (χ3v) is 3.44. The predicted molar refractivity (Wildman–Crippen MR) is 78.3 cm³/mol. The summed E-state index contributed by atoms with van der Waals surface area (Å²) in [6, 6.07) is 6.67. The fraction of sp³-hybridized carbons (Fsp3) is 0.529. The van der Waals surface area contributed by atoms with Crippen molar-refractivity contribution in [2.75, 3.05) is 0 Å². The first-order valence-electron chi connectivity index (χ1n) is 6.92. The van der Waals surface area contributed by atoms with Crippen molar-refractivity contribution >= 4 is 6.08 Å². The highest BCUT2D eigenvalue weighted by Gasteiger charge is 2.01. The molecule has 0 radical (unpaired) electrons. The van der Waals surface area contributed by atoms with Crippen LogP contribution in [0.3, 0.4) is 0 Å². The van der Waals surface area contributed by atoms with Crippen molar-refractivity contribution in [1.29, 1.82) is 0 Å². The van der Waals surface area contributed by atoms with E-state index in [1.54, 1.807) is 0 Å². The van der Waals surface area contributed by atoms with Crippen LogP contribution in [0.4, 0.5) is 0 Å². The number of allylic oxidation sites excluding steroid dienone is 1. The van der Waals surface area contributed by atoms with Crippen molar-refractivity contribution < 1.29 is 0 Å². The molecule has 0 bridgehead atoms. The number of rotatable bonds is 6. The third-order valence-electron chi connectivity index (χ3n) is 3.44. The van der Waals surface area contributed by atoms with Crippen molar-refractivity contribution in [2.45, 2.75) is 53.4 Å². The molecular formula is C17H26. The molecule has 0 N–H and O–H groups in total. The van der Waals surface area contributed by atoms with Gasteiger partial charge in [-0.05, 0) is 43.7 Å². The zero-order chi connectivity index (χ0) is 12.7. The van der Waals surface area contributed by atoms with Gasteiger partial charge >= 0.3 is 0 Å². The minimum atomic E-state index is 0.745. The maximum atomic E-state index is 2.40. The molecule has 0 nitrogen and oxygen atoms in total. The zero-order valence-electron chi connectivity index (χ0n) is 11.8. The Labute approximate surface area is 107 Å². The van der Waals surface area contributed by atoms with E-state index >= 15 is 0 Å². The zero-order valence-corrected chi connectivity index (χ0v) is 11.8. The molecule has 0 heterocycles. The fourth-order valence-corrected chi connectivity index (χ4v) is 2.08. The van der Waals surface area contributed by atoms with Crippen LogP contribution in [-0.2, 0) is 0 Å². The highest BCUT2D eigenvalue weighted by molar-refractivity contribution is 5.54. The predicted octanol–water partition coefficient (Wildman–Crippen LogP) is 5.53. The average molecular weight is 230 g/mol. The van der Waals surface area contributed by atoms with E-state index in [1.807, 2.05) is 0 Å². The quantitative estimate of drug-likeness (QED) is 0.602. The van der Waals surface area contributed by atoms with E-state index in [4.69, 9.17) is 0 Å². The Kier molecular flexibility index (Phi) is 6.04. The van der Waals surface area contributed by atoms with Crippen molar-refractivity contribution in [1.82, 2.24) is 0 Å². The molecule has 0 spiro atoms. The van der Waals surface area contributed by atoms with Gasteiger partial charge < -0.3 is 0 Å². The molecule has 1 aromatic rings. The summed E-state index contributed by atoms with van der Waals surface area (Å²) < 4.78 is 0. The largest absolute Gasteiger partial charge is 0.0808 e. The summed E-state index contributed by atoms with van der Waals surface area (Å²) in [7, 11) is 0. The summed E-state index contributed by atoms with van der Waals surface area (Å²) in [5, 5.41) is 0. The van der Waals surface area contributed by atoms with Crippen LogP contribution < -0.4 is 0 Å². The molecule has 17 heavy (non-hydrogen) atoms. The van der Waals surface area contributed by atoms with Crippen LogP contribution in [0.15, 0.2) is 24.3 Å². The van der Waals surface area contributed by atoms with Crippen LogP contribution in [0.5, 0.6) is 0 Å². The smallest absolute Gasteiger partial charge is 0.0228 e. The van der Waals surface area contributed by atoms with Crippen molar-refractivity contribution in [2.24, 2.45) is 5.92 Å². The van der Waals surface area contributed by atoms with Gasteiger partial charge in [-0.25, -0.2) is 0 Å². The minimum absolute atomic E-state index is 0.745. The molecule has 0 amide bonds. The molecule has 1 atom stereocenters. The van der Waals surface area contributed by atoms with Crippen LogP contribution in [0, 0.1) is 19.8 Å². The van der Waals surface area contributed by atoms with Gasteiger partial charge in [-0.15, -0.1) is 0 Å². The molecule has 0 aliphatic heterocycles. The van der Waals surface area contributed by atoms with Crippen molar-refractivity contribution in [3.05, 3.63) is 41.0 Å². The van der Waals surface area contributed by atoms with Crippen molar-refractivity contribution in [3.63, 3.8) is 0 Å². The molecule has 0 saturated carbocycles. The van der Waals surface area contributed by atoms with Crippen molar-refractivity contribution in [3.8, 4) is 0 Å². The van der Waals surface area contributed by atoms with Crippen LogP contribution >= 0.6 is 0 Å². The topological polar surface area (TPSA) is 0 Å². The molecule has 94 valence electrons. The monoisotopic (exact) mass is 230 g/mol. The molecule has 0 heteroatoms. The van der Waals surface area contributed by atoms with Gasteiger partial charge in [-0.2, -0.15) is 0 Å². The Morgan fingerprint density at radius 2 is 1.94 bits per heavy atom. The van der Waals surface area contributed by atoms with E-state index in [2.05, 4.69) is 58.0 Å². The van der Waals surface area contributed by atoms with E-state index in [0.717, 1.165) is 5.92 Å². The lowest BCUT2D eigenvalue weighted by molar-refractivity contribution is 0.542. The number of benzene rings is 1. The molecule has 0 aliphatic rings. The average Bonchev–Trinajstić information content (AvgIpc) is 2.33. The van der Waals surface area contributed by atoms with Gasteiger partial charge in [-0.3, -0.25) is 0 Å². The van der Waals surface area contributed by atoms with Crippen LogP contribution in [-0.4, -0.2) is 0 Å². The Balaban J connectivity index is 2.70. The molecule has 1 aromatic carbocycles. The summed E-state index contributed by atoms with van der Waals surface area (Å²) in [6.45, 7) is 8.90. The Hall–Kier alpha value is -1.04. The standard InChI is InChI=1S/C17H26/c1-5-7-8-16(6-2)11-12-17-13-14(3)9-10-15(17)4/h9-13,16H,5-8H2,1-4H3/b12-11+. The van der Waals surface area contributed by atoms with Gasteiger partial charge in [0.15, 0.2) is 0 Å². The second kappa shape index (κ2) is 7.32. The molecule has 0 fully saturated rings. The highest BCUT2D eigenvalue weighted by atomic mass is 14.1. The van der Waals surface area contributed by atoms with Crippen LogP contribution in [0.2, 0.25) is 0 Å². The number of hydrogen-bond donors (Lipinski definition) is 0. The Morgan fingerprint density at radius 1 is 1.18 bits per heavy atom. The lowest BCUT2D eigenvalue weighted by Gasteiger charge is -2.09. The summed E-state index contributed by atoms with van der Waals surface area (Å²) in [6.07, 6.45) is 9.93. The highest BCUT2D eigenvalue weighted by Crippen LogP contribution is 2.18. The van der Waals surface area contributed by atoms with E-state index in [-0.39, 0.29) is 0 Å². The van der Waals surface area contributed by atoms with Gasteiger partial charge in [-0.1, -0.05) is 62.6 Å². The molecular weight excluding hydrogens is 204 g/mol. The maximum Gasteiger partial charge on any atom is -0.0228 e. The first kappa shape index (κ1) is 14.0. The van der Waals surface area contributed by atoms with Crippen LogP contribution in [0.1, 0.15) is 56.2 Å². The fourth-order valence-electron chi connectivity index (χ4n) is 2.08. The van der Waals surface area contributed by atoms with Gasteiger partial charge in [0.25, 0.3) is 0 Å². The lowest BCUT2D eigenvalue weighted by Crippen LogP contribution is -1.94. The summed E-state index contributed by atoms with van der Waals surface area (Å²) in [4.78, 5) is 0. The Bertz CT molecular complexity index is 360. The van der Waals surface area contributed by atoms with E-state index in [0.29, 0.717) is 0 Å². The first-order valence-corrected chi connectivity index (χ1v) is 6.92. The Morgan fingerprint density at radius 3 is 2.59 bits per heavy atom. The number of hydrogen-bond acceptors (Lipinski definition) is 0. The number of aryl methyl sites for hydroxylation is 2. The SMILES string of the molecule is CCCCC(/C=C/c1cc(C)ccc1C)CC. The first-order chi connectivity index (χ1) is 8.17. The van der Waals surface area contributed by atoms with Crippen LogP contribution in [0.25, 0.3) is 6.08 Å².